The zero-order chi connectivity index (χ0) is 110. The van der Waals surface area contributed by atoms with Gasteiger partial charge in [-0.25, -0.2) is 0 Å². The van der Waals surface area contributed by atoms with Crippen LogP contribution in [-0.4, -0.2) is 331 Å². The number of aliphatic hydroxyl groups excluding tert-OH is 1. The predicted molar refractivity (Wildman–Crippen MR) is 559 cm³/mol. The topological polar surface area (TPSA) is 649 Å². The summed E-state index contributed by atoms with van der Waals surface area (Å²) in [4.78, 5) is 273. The molecule has 4 aliphatic rings. The van der Waals surface area contributed by atoms with E-state index in [2.05, 4.69) is 89.7 Å². The number of unbranched alkanes of at least 4 members (excludes halogenated alkanes) is 2. The Kier molecular flexibility index (Phi) is 45.9. The Balaban J connectivity index is 1.15. The van der Waals surface area contributed by atoms with Crippen LogP contribution in [0.3, 0.4) is 0 Å². The highest BCUT2D eigenvalue weighted by atomic mass is 33.1. The summed E-state index contributed by atoms with van der Waals surface area (Å²) in [5.41, 5.74) is 12.3. The fourth-order valence-corrected chi connectivity index (χ4v) is 19.9. The van der Waals surface area contributed by atoms with Crippen molar-refractivity contribution in [2.75, 3.05) is 107 Å². The maximum atomic E-state index is 16.7. The molecule has 2 aromatic heterocycles. The number of hydrogen-bond acceptors (Lipinski definition) is 27. The summed E-state index contributed by atoms with van der Waals surface area (Å²) in [6.07, 6.45) is -0.896. The number of amides is 18. The molecule has 0 spiro atoms. The quantitative estimate of drug-likeness (QED) is 0.0131. The van der Waals surface area contributed by atoms with E-state index >= 15 is 47.9 Å². The summed E-state index contributed by atoms with van der Waals surface area (Å²) in [5.74, 6) is -16.3. The number of rotatable bonds is 43. The van der Waals surface area contributed by atoms with Crippen molar-refractivity contribution in [3.05, 3.63) is 137 Å². The van der Waals surface area contributed by atoms with Crippen LogP contribution in [0.1, 0.15) is 160 Å². The first-order valence-electron chi connectivity index (χ1n) is 50.3. The highest BCUT2D eigenvalue weighted by Gasteiger charge is 2.49. The summed E-state index contributed by atoms with van der Waals surface area (Å²) in [6.45, 7) is 12.6. The van der Waals surface area contributed by atoms with Gasteiger partial charge < -0.3 is 135 Å². The fourth-order valence-electron chi connectivity index (χ4n) is 17.1. The number of H-pyrrole nitrogens is 1. The zero-order valence-electron chi connectivity index (χ0n) is 87.0. The van der Waals surface area contributed by atoms with Crippen LogP contribution in [0.5, 0.6) is 11.5 Å². The van der Waals surface area contributed by atoms with Gasteiger partial charge in [-0.1, -0.05) is 82.3 Å². The average molecular weight is 2130 g/mol. The molecule has 818 valence electrons. The number of carbonyl (C=O) groups is 18. The molecule has 6 heterocycles. The van der Waals surface area contributed by atoms with Gasteiger partial charge in [0.1, 0.15) is 96.6 Å². The number of aromatic hydroxyl groups is 1. The van der Waals surface area contributed by atoms with Gasteiger partial charge in [0, 0.05) is 144 Å². The number of primary amides is 2. The molecule has 10 rings (SSSR count). The molecule has 0 radical (unpaired) electrons. The Hall–Kier alpha value is -13.6. The third-order valence-corrected chi connectivity index (χ3v) is 29.8. The van der Waals surface area contributed by atoms with Gasteiger partial charge in [-0.3, -0.25) is 91.3 Å². The van der Waals surface area contributed by atoms with Crippen molar-refractivity contribution in [2.24, 2.45) is 11.5 Å². The standard InChI is InChI=1S/C103H145N21O24S2/c1-60-20-17-22-72-69(58-110-85(60)72)55-78-93(137)111-73(23-13-15-39-107-62(3)126)91(135)121-88-98(142)116-76(51-64-27-32-71(33-28-64)148-46-41-109-83(131)35-34-75(90(134)120-86(61(2)125)96(140)115-78)112-97(141)87(101(5,6)149-150-102(88,7)8)119-84(132)25-19-43-145-48-49-147-47-42-124(10,11)12)92(136)113-77(52-65-26-29-68-54-70(128)31-30-67(68)50-65)95(139)122-103(36-44-146-45-37-103)100(144)118-74(24-14-16-40-108-63(4)127)89(133)114-79(56-81(104)129)94(138)117-80(53-66-21-18-38-106-57-66)99(143)123(9)59-82(105)130/h17-18,20-22,26-33,38,50,54,57-58,61,73-80,86-88,110,125H,13-16,19,23-25,34-37,39-49,51-53,55-56,59H2,1-12H3,(H19-,104,105,107,108,109,111,112,113,114,115,116,117,118,119,120,121,122,126,127,128,129,130,131,132,133,134,135,136,137,138,139,140,141,142,144)/p+1/t61-,73+,74+,75+,76+,77+,78+,79+,80+,86+,87-,88-/m1/s1. The number of hydrogen-bond donors (Lipinski definition) is 20. The number of para-hydroxylation sites is 1. The van der Waals surface area contributed by atoms with Gasteiger partial charge >= 0.3 is 0 Å². The number of nitrogens with one attached hydrogen (secondary N) is 16. The molecule has 6 aromatic rings. The molecule has 2 fully saturated rings. The number of phenolic OH excluding ortho intramolecular Hbond substituents is 1. The number of likely N-dealkylation sites (N-methyl/N-ethyl adjacent to an activating group) is 2. The number of nitrogens with zero attached hydrogens (tertiary/aromatic N) is 3. The van der Waals surface area contributed by atoms with Crippen molar-refractivity contribution in [3.8, 4) is 11.5 Å². The molecule has 2 saturated heterocycles. The summed E-state index contributed by atoms with van der Waals surface area (Å²) >= 11 is 0. The summed E-state index contributed by atoms with van der Waals surface area (Å²) in [7, 11) is 9.21. The Bertz CT molecular complexity index is 5720. The lowest BCUT2D eigenvalue weighted by atomic mass is 9.87. The molecule has 45 nitrogen and oxygen atoms in total. The molecular weight excluding hydrogens is 1980 g/mol. The number of aromatic amines is 1. The Labute approximate surface area is 879 Å². The van der Waals surface area contributed by atoms with E-state index in [-0.39, 0.29) is 160 Å². The second kappa shape index (κ2) is 57.4. The largest absolute Gasteiger partial charge is 0.508 e. The van der Waals surface area contributed by atoms with E-state index in [1.54, 1.807) is 94.6 Å². The number of fused-ring (bicyclic) bond motifs is 13. The van der Waals surface area contributed by atoms with Gasteiger partial charge in [0.2, 0.25) is 106 Å². The number of phenols is 1. The number of pyridine rings is 1. The highest BCUT2D eigenvalue weighted by Crippen LogP contribution is 2.47. The first kappa shape index (κ1) is 120. The molecule has 4 aliphatic heterocycles. The van der Waals surface area contributed by atoms with Crippen molar-refractivity contribution < 1.29 is 120 Å². The first-order chi connectivity index (χ1) is 71.1. The van der Waals surface area contributed by atoms with Crippen LogP contribution in [0.25, 0.3) is 21.7 Å². The average Bonchev–Trinajstić information content (AvgIpc) is 1.22. The molecule has 12 atom stereocenters. The SMILES string of the molecule is CC(=O)NCCCC[C@@H]1NC(=O)[C@H](Cc2c[nH]c3c(C)cccc23)NC(=O)[C@H]([C@@H](C)O)NC(=O)[C@@H]2CCC(=O)NCCOc3ccc(cc3)C[C@@H](C(=O)N[C@@H](Cc3ccc4cc(O)ccc4c3)C(=O)NC3(C(=O)N[C@@H](CCCCNC(C)=O)C(=O)N[C@@H](CC(N)=O)C(=O)N[C@@H](Cc4cccnc4)C(=O)N(C)CC(N)=O)CCOCC3)NC(=O)[C@@H](NC1=O)C(C)(C)SSC(C)(C)[C@H](NC(=O)CCCOCCOCC[N+](C)(C)C)C(=O)N2. The molecule has 4 bridgehead atoms. The van der Waals surface area contributed by atoms with Crippen molar-refractivity contribution in [1.29, 1.82) is 0 Å². The first-order valence-corrected chi connectivity index (χ1v) is 52.4. The maximum absolute atomic E-state index is 16.7. The second-order valence-corrected chi connectivity index (χ2v) is 43.5. The van der Waals surface area contributed by atoms with Crippen LogP contribution in [0.2, 0.25) is 0 Å². The number of carbonyl (C=O) groups excluding carboxylic acids is 18. The minimum Gasteiger partial charge on any atom is -0.508 e. The zero-order valence-corrected chi connectivity index (χ0v) is 88.6. The van der Waals surface area contributed by atoms with Crippen LogP contribution >= 0.6 is 21.6 Å². The molecule has 0 saturated carbocycles. The van der Waals surface area contributed by atoms with E-state index in [1.165, 1.54) is 64.5 Å². The fraction of sp³-hybridized carbons (Fsp3) is 0.544. The van der Waals surface area contributed by atoms with E-state index in [1.807, 2.05) is 34.1 Å². The lowest BCUT2D eigenvalue weighted by Gasteiger charge is -2.39. The van der Waals surface area contributed by atoms with Gasteiger partial charge in [-0.2, -0.15) is 0 Å². The number of aromatic nitrogens is 2. The molecule has 4 aromatic carbocycles. The third-order valence-electron chi connectivity index (χ3n) is 25.6. The van der Waals surface area contributed by atoms with E-state index < -0.39 is 221 Å². The Morgan fingerprint density at radius 2 is 1.29 bits per heavy atom. The van der Waals surface area contributed by atoms with E-state index in [0.29, 0.717) is 55.0 Å². The molecule has 150 heavy (non-hydrogen) atoms. The minimum atomic E-state index is -2.05. The highest BCUT2D eigenvalue weighted by molar-refractivity contribution is 8.77. The Morgan fingerprint density at radius 1 is 0.640 bits per heavy atom. The summed E-state index contributed by atoms with van der Waals surface area (Å²) < 4.78 is 20.9. The van der Waals surface area contributed by atoms with Gasteiger partial charge in [0.25, 0.3) is 0 Å². The predicted octanol–water partition coefficient (Wildman–Crippen LogP) is -0.428. The van der Waals surface area contributed by atoms with Gasteiger partial charge in [0.05, 0.1) is 66.6 Å². The number of ether oxygens (including phenoxy) is 4. The van der Waals surface area contributed by atoms with Crippen LogP contribution in [0.15, 0.2) is 110 Å². The molecule has 22 N–H and O–H groups in total. The monoisotopic (exact) mass is 2130 g/mol. The van der Waals surface area contributed by atoms with Gasteiger partial charge in [-0.15, -0.1) is 0 Å². The van der Waals surface area contributed by atoms with Crippen molar-refractivity contribution in [3.63, 3.8) is 0 Å². The molecule has 47 heteroatoms. The van der Waals surface area contributed by atoms with Crippen molar-refractivity contribution >= 4 is 150 Å². The van der Waals surface area contributed by atoms with E-state index in [9.17, 15) is 48.6 Å². The summed E-state index contributed by atoms with van der Waals surface area (Å²) in [5, 5.41) is 65.3. The van der Waals surface area contributed by atoms with Crippen molar-refractivity contribution in [2.45, 2.75) is 252 Å². The minimum absolute atomic E-state index is 0.0733. The van der Waals surface area contributed by atoms with E-state index in [4.69, 9.17) is 30.4 Å². The molecule has 0 aliphatic carbocycles. The molecule has 18 amide bonds. The molecular formula is C103H146N21O24S2+. The van der Waals surface area contributed by atoms with Crippen LogP contribution in [0.4, 0.5) is 0 Å². The van der Waals surface area contributed by atoms with Crippen LogP contribution in [-0.2, 0) is 126 Å². The van der Waals surface area contributed by atoms with Gasteiger partial charge in [-0.05, 0) is 162 Å². The lowest BCUT2D eigenvalue weighted by Crippen LogP contribution is -2.67. The van der Waals surface area contributed by atoms with Crippen LogP contribution in [0, 0.1) is 6.92 Å². The third kappa shape index (κ3) is 38.1. The Morgan fingerprint density at radius 3 is 1.97 bits per heavy atom. The number of benzene rings is 4. The van der Waals surface area contributed by atoms with Gasteiger partial charge in [0.15, 0.2) is 0 Å². The second-order valence-electron chi connectivity index (χ2n) is 40.0. The lowest BCUT2D eigenvalue weighted by molar-refractivity contribution is -0.870. The smallest absolute Gasteiger partial charge is 0.246 e. The summed E-state index contributed by atoms with van der Waals surface area (Å²) in [6, 6.07) is 5.24. The van der Waals surface area contributed by atoms with E-state index in [0.717, 1.165) is 38.6 Å². The number of nitrogens with two attached hydrogens (primary N) is 2. The number of quaternary nitrogens is 1. The molecule has 0 unspecified atom stereocenters. The maximum Gasteiger partial charge on any atom is 0.246 e. The normalized spacial score (nSPS) is 20.1. The van der Waals surface area contributed by atoms with Crippen LogP contribution < -0.4 is 96.0 Å². The van der Waals surface area contributed by atoms with Crippen molar-refractivity contribution in [1.82, 2.24) is 94.6 Å². The number of aliphatic hydroxyl groups is 1. The number of aryl methyl sites for hydroxylation is 1.